The first kappa shape index (κ1) is 14.3. The van der Waals surface area contributed by atoms with Crippen LogP contribution in [0.25, 0.3) is 0 Å². The first-order valence-corrected chi connectivity index (χ1v) is 7.43. The zero-order chi connectivity index (χ0) is 13.8. The molecule has 2 atom stereocenters. The summed E-state index contributed by atoms with van der Waals surface area (Å²) in [5.74, 6) is 0. The number of halogens is 1. The monoisotopic (exact) mass is 317 g/mol. The first-order valence-electron chi connectivity index (χ1n) is 6.64. The van der Waals surface area contributed by atoms with E-state index >= 15 is 0 Å². The quantitative estimate of drug-likeness (QED) is 0.820. The first-order chi connectivity index (χ1) is 9.06. The van der Waals surface area contributed by atoms with Crippen molar-refractivity contribution in [2.75, 3.05) is 0 Å². The second kappa shape index (κ2) is 6.36. The van der Waals surface area contributed by atoms with Gasteiger partial charge >= 0.3 is 0 Å². The van der Waals surface area contributed by atoms with Crippen LogP contribution in [-0.2, 0) is 0 Å². The van der Waals surface area contributed by atoms with Crippen LogP contribution >= 0.6 is 15.9 Å². The number of rotatable bonds is 4. The van der Waals surface area contributed by atoms with Gasteiger partial charge in [0.05, 0.1) is 0 Å². The van der Waals surface area contributed by atoms with Gasteiger partial charge in [0.1, 0.15) is 0 Å². The molecule has 0 aliphatic carbocycles. The summed E-state index contributed by atoms with van der Waals surface area (Å²) in [5.41, 5.74) is 3.93. The highest BCUT2D eigenvalue weighted by molar-refractivity contribution is 9.10. The molecule has 0 aromatic heterocycles. The molecular formula is C17H20BrN. The third-order valence-electron chi connectivity index (χ3n) is 3.43. The highest BCUT2D eigenvalue weighted by Crippen LogP contribution is 2.22. The van der Waals surface area contributed by atoms with E-state index in [1.54, 1.807) is 0 Å². The molecule has 0 aliphatic heterocycles. The molecule has 0 spiro atoms. The predicted octanol–water partition coefficient (Wildman–Crippen LogP) is 5.17. The van der Waals surface area contributed by atoms with Crippen molar-refractivity contribution in [1.82, 2.24) is 5.32 Å². The average Bonchev–Trinajstić information content (AvgIpc) is 2.39. The van der Waals surface area contributed by atoms with Crippen LogP contribution in [0, 0.1) is 6.92 Å². The Morgan fingerprint density at radius 2 is 1.53 bits per heavy atom. The molecule has 1 N–H and O–H groups in total. The Bertz CT molecular complexity index is 533. The molecule has 0 amide bonds. The van der Waals surface area contributed by atoms with E-state index in [4.69, 9.17) is 0 Å². The minimum atomic E-state index is 0.328. The van der Waals surface area contributed by atoms with Gasteiger partial charge in [-0.3, -0.25) is 0 Å². The molecule has 2 aromatic carbocycles. The number of nitrogens with one attached hydrogen (secondary N) is 1. The molecule has 0 bridgehead atoms. The fourth-order valence-corrected chi connectivity index (χ4v) is 2.62. The fourth-order valence-electron chi connectivity index (χ4n) is 2.20. The maximum atomic E-state index is 3.64. The number of benzene rings is 2. The summed E-state index contributed by atoms with van der Waals surface area (Å²) in [7, 11) is 0. The Morgan fingerprint density at radius 1 is 0.895 bits per heavy atom. The van der Waals surface area contributed by atoms with Gasteiger partial charge in [-0.25, -0.2) is 0 Å². The Kier molecular flexibility index (Phi) is 4.78. The molecule has 100 valence electrons. The van der Waals surface area contributed by atoms with E-state index < -0.39 is 0 Å². The molecular weight excluding hydrogens is 298 g/mol. The summed E-state index contributed by atoms with van der Waals surface area (Å²) in [4.78, 5) is 0. The molecule has 0 aliphatic rings. The molecule has 2 heteroatoms. The Hall–Kier alpha value is -1.12. The normalized spacial score (nSPS) is 14.1. The van der Waals surface area contributed by atoms with Crippen LogP contribution < -0.4 is 5.32 Å². The van der Waals surface area contributed by atoms with Gasteiger partial charge in [-0.1, -0.05) is 57.9 Å². The van der Waals surface area contributed by atoms with Crippen LogP contribution in [0.5, 0.6) is 0 Å². The minimum Gasteiger partial charge on any atom is -0.304 e. The van der Waals surface area contributed by atoms with Gasteiger partial charge in [0.25, 0.3) is 0 Å². The second-order valence-corrected chi connectivity index (χ2v) is 5.99. The highest BCUT2D eigenvalue weighted by atomic mass is 79.9. The van der Waals surface area contributed by atoms with E-state index in [-0.39, 0.29) is 0 Å². The molecule has 2 aromatic rings. The predicted molar refractivity (Wildman–Crippen MR) is 85.3 cm³/mol. The van der Waals surface area contributed by atoms with Gasteiger partial charge in [-0.2, -0.15) is 0 Å². The van der Waals surface area contributed by atoms with E-state index in [0.717, 1.165) is 4.47 Å². The smallest absolute Gasteiger partial charge is 0.0297 e. The SMILES string of the molecule is Cc1ccc([C@H](C)NC(C)c2cccc(Br)c2)cc1. The molecule has 0 radical (unpaired) electrons. The fraction of sp³-hybridized carbons (Fsp3) is 0.294. The van der Waals surface area contributed by atoms with Crippen LogP contribution in [0.15, 0.2) is 53.0 Å². The Labute approximate surface area is 124 Å². The summed E-state index contributed by atoms with van der Waals surface area (Å²) in [5, 5.41) is 3.64. The van der Waals surface area contributed by atoms with Crippen molar-refractivity contribution in [2.24, 2.45) is 0 Å². The van der Waals surface area contributed by atoms with Gasteiger partial charge in [-0.05, 0) is 44.0 Å². The molecule has 1 unspecified atom stereocenters. The minimum absolute atomic E-state index is 0.328. The maximum Gasteiger partial charge on any atom is 0.0297 e. The van der Waals surface area contributed by atoms with Crippen LogP contribution in [0.4, 0.5) is 0 Å². The third kappa shape index (κ3) is 3.92. The maximum absolute atomic E-state index is 3.64. The standard InChI is InChI=1S/C17H20BrN/c1-12-7-9-15(10-8-12)13(2)19-14(3)16-5-4-6-17(18)11-16/h4-11,13-14,19H,1-3H3/t13-,14?/m0/s1. The number of hydrogen-bond donors (Lipinski definition) is 1. The van der Waals surface area contributed by atoms with Crippen LogP contribution in [0.3, 0.4) is 0 Å². The highest BCUT2D eigenvalue weighted by Gasteiger charge is 2.11. The summed E-state index contributed by atoms with van der Waals surface area (Å²) in [6.45, 7) is 6.53. The van der Waals surface area contributed by atoms with Crippen LogP contribution in [0.1, 0.15) is 42.6 Å². The molecule has 0 saturated carbocycles. The molecule has 19 heavy (non-hydrogen) atoms. The van der Waals surface area contributed by atoms with Crippen molar-refractivity contribution in [2.45, 2.75) is 32.9 Å². The van der Waals surface area contributed by atoms with Gasteiger partial charge < -0.3 is 5.32 Å². The lowest BCUT2D eigenvalue weighted by Gasteiger charge is -2.21. The lowest BCUT2D eigenvalue weighted by Crippen LogP contribution is -2.22. The largest absolute Gasteiger partial charge is 0.304 e. The van der Waals surface area contributed by atoms with Gasteiger partial charge in [0.2, 0.25) is 0 Å². The second-order valence-electron chi connectivity index (χ2n) is 5.08. The topological polar surface area (TPSA) is 12.0 Å². The van der Waals surface area contributed by atoms with Crippen molar-refractivity contribution in [1.29, 1.82) is 0 Å². The van der Waals surface area contributed by atoms with E-state index in [2.05, 4.69) is 90.5 Å². The van der Waals surface area contributed by atoms with Gasteiger partial charge in [-0.15, -0.1) is 0 Å². The van der Waals surface area contributed by atoms with Gasteiger partial charge in [0.15, 0.2) is 0 Å². The van der Waals surface area contributed by atoms with E-state index in [0.29, 0.717) is 12.1 Å². The van der Waals surface area contributed by atoms with E-state index in [1.165, 1.54) is 16.7 Å². The summed E-state index contributed by atoms with van der Waals surface area (Å²) in [6, 6.07) is 17.8. The van der Waals surface area contributed by atoms with E-state index in [1.807, 2.05) is 0 Å². The molecule has 0 fully saturated rings. The van der Waals surface area contributed by atoms with Crippen molar-refractivity contribution >= 4 is 15.9 Å². The van der Waals surface area contributed by atoms with Crippen molar-refractivity contribution in [3.8, 4) is 0 Å². The lowest BCUT2D eigenvalue weighted by molar-refractivity contribution is 0.494. The van der Waals surface area contributed by atoms with Crippen LogP contribution in [0.2, 0.25) is 0 Å². The number of aryl methyl sites for hydroxylation is 1. The zero-order valence-corrected chi connectivity index (χ0v) is 13.2. The third-order valence-corrected chi connectivity index (χ3v) is 3.92. The Balaban J connectivity index is 2.06. The lowest BCUT2D eigenvalue weighted by atomic mass is 10.0. The van der Waals surface area contributed by atoms with Crippen molar-refractivity contribution in [3.63, 3.8) is 0 Å². The summed E-state index contributed by atoms with van der Waals surface area (Å²) < 4.78 is 1.13. The van der Waals surface area contributed by atoms with Gasteiger partial charge in [0, 0.05) is 16.6 Å². The van der Waals surface area contributed by atoms with Crippen molar-refractivity contribution in [3.05, 3.63) is 69.7 Å². The zero-order valence-electron chi connectivity index (χ0n) is 11.7. The molecule has 0 saturated heterocycles. The molecule has 0 heterocycles. The Morgan fingerprint density at radius 3 is 2.16 bits per heavy atom. The molecule has 1 nitrogen and oxygen atoms in total. The summed E-state index contributed by atoms with van der Waals surface area (Å²) in [6.07, 6.45) is 0. The van der Waals surface area contributed by atoms with Crippen LogP contribution in [-0.4, -0.2) is 0 Å². The van der Waals surface area contributed by atoms with E-state index in [9.17, 15) is 0 Å². The summed E-state index contributed by atoms with van der Waals surface area (Å²) >= 11 is 3.52. The van der Waals surface area contributed by atoms with Crippen molar-refractivity contribution < 1.29 is 0 Å². The molecule has 2 rings (SSSR count). The average molecular weight is 318 g/mol. The number of hydrogen-bond acceptors (Lipinski definition) is 1.